The second kappa shape index (κ2) is 10.1. The Morgan fingerprint density at radius 2 is 1.80 bits per heavy atom. The molecule has 0 bridgehead atoms. The van der Waals surface area contributed by atoms with Crippen molar-refractivity contribution >= 4 is 47.3 Å². The highest BCUT2D eigenvalue weighted by Crippen LogP contribution is 2.16. The van der Waals surface area contributed by atoms with Crippen LogP contribution in [-0.4, -0.2) is 41.8 Å². The number of halogens is 3. The first-order chi connectivity index (χ1) is 11.9. The highest BCUT2D eigenvalue weighted by atomic mass is 35.5. The Morgan fingerprint density at radius 3 is 2.20 bits per heavy atom. The number of benzene rings is 1. The van der Waals surface area contributed by atoms with E-state index in [1.54, 1.807) is 0 Å². The van der Waals surface area contributed by atoms with Gasteiger partial charge in [0.1, 0.15) is 6.04 Å². The number of rotatable bonds is 8. The van der Waals surface area contributed by atoms with Gasteiger partial charge in [-0.05, 0) is 24.1 Å². The molecule has 0 saturated carbocycles. The van der Waals surface area contributed by atoms with E-state index in [4.69, 9.17) is 45.0 Å². The highest BCUT2D eigenvalue weighted by Gasteiger charge is 2.12. The average Bonchev–Trinajstić information content (AvgIpc) is 2.46. The minimum absolute atomic E-state index is 0. The number of anilines is 1. The predicted octanol–water partition coefficient (Wildman–Crippen LogP) is 2.35. The molecule has 1 aromatic rings. The summed E-state index contributed by atoms with van der Waals surface area (Å²) in [5.74, 6) is -7.43. The van der Waals surface area contributed by atoms with Gasteiger partial charge in [0, 0.05) is 35.8 Å². The Labute approximate surface area is 146 Å². The lowest BCUT2D eigenvalue weighted by molar-refractivity contribution is -0.138. The number of carboxylic acid groups (broad SMARTS) is 1. The number of carbonyl (C=O) groups is 1. The molecule has 0 fully saturated rings. The quantitative estimate of drug-likeness (QED) is 0.707. The van der Waals surface area contributed by atoms with Gasteiger partial charge in [0.25, 0.3) is 0 Å². The van der Waals surface area contributed by atoms with Gasteiger partial charge in [0.2, 0.25) is 0 Å². The van der Waals surface area contributed by atoms with E-state index in [1.165, 1.54) is 24.3 Å². The summed E-state index contributed by atoms with van der Waals surface area (Å²) < 4.78 is 61.7. The third-order valence-corrected chi connectivity index (χ3v) is 2.44. The average molecular weight is 350 g/mol. The Bertz CT molecular complexity index is 654. The van der Waals surface area contributed by atoms with Gasteiger partial charge in [-0.25, -0.2) is 0 Å². The Hall–Kier alpha value is -0.680. The first-order valence-corrected chi connectivity index (χ1v) is 5.94. The molecule has 1 aromatic carbocycles. The Morgan fingerprint density at radius 1 is 1.30 bits per heavy atom. The molecule has 3 N–H and O–H groups in total. The first-order valence-electron chi connectivity index (χ1n) is 9.18. The van der Waals surface area contributed by atoms with Crippen LogP contribution < -0.4 is 10.6 Å². The molecule has 1 rings (SSSR count). The number of hydrogen-bond acceptors (Lipinski definition) is 3. The van der Waals surface area contributed by atoms with Crippen LogP contribution >= 0.6 is 35.6 Å². The molecule has 7 heteroatoms. The molecule has 0 amide bonds. The molecule has 0 aliphatic carbocycles. The van der Waals surface area contributed by atoms with Gasteiger partial charge in [-0.1, -0.05) is 12.1 Å². The highest BCUT2D eigenvalue weighted by molar-refractivity contribution is 6.18. The minimum atomic E-state index is -3.21. The van der Waals surface area contributed by atoms with E-state index in [9.17, 15) is 4.79 Å². The standard InChI is InChI=1S/C13H18Cl2N2O2.ClH/c14-5-7-17(8-6-15)11-3-1-10(2-4-11)9-12(16)13(18)19;/h1-4,12H,5-9,16H2,(H,18,19);1H/t12-;/m1./s1/i5D2,6D2,7D2,8D2;. The normalized spacial score (nSPS) is 20.4. The molecule has 114 valence electrons. The summed E-state index contributed by atoms with van der Waals surface area (Å²) in [4.78, 5) is 11.0. The van der Waals surface area contributed by atoms with Crippen molar-refractivity contribution in [3.05, 3.63) is 29.8 Å². The number of aliphatic carboxylic acids is 1. The lowest BCUT2D eigenvalue weighted by Gasteiger charge is -2.23. The first kappa shape index (κ1) is 9.36. The van der Waals surface area contributed by atoms with E-state index >= 15 is 0 Å². The fraction of sp³-hybridized carbons (Fsp3) is 0.462. The van der Waals surface area contributed by atoms with Crippen molar-refractivity contribution in [2.24, 2.45) is 5.73 Å². The largest absolute Gasteiger partial charge is 0.480 e. The summed E-state index contributed by atoms with van der Waals surface area (Å²) in [5, 5.41) is 8.83. The maximum atomic E-state index is 10.8. The molecular formula is C13H19Cl3N2O2. The van der Waals surface area contributed by atoms with Crippen molar-refractivity contribution in [1.29, 1.82) is 0 Å². The van der Waals surface area contributed by atoms with Crippen molar-refractivity contribution in [3.8, 4) is 0 Å². The molecule has 4 nitrogen and oxygen atoms in total. The van der Waals surface area contributed by atoms with Crippen LogP contribution in [0.15, 0.2) is 24.3 Å². The Kier molecular flexibility index (Phi) is 4.73. The zero-order chi connectivity index (χ0) is 21.4. The van der Waals surface area contributed by atoms with Gasteiger partial charge in [-0.15, -0.1) is 35.6 Å². The van der Waals surface area contributed by atoms with Crippen molar-refractivity contribution in [3.63, 3.8) is 0 Å². The maximum Gasteiger partial charge on any atom is 0.320 e. The molecule has 0 radical (unpaired) electrons. The SMILES string of the molecule is Cl.[2H]C([2H])(Cl)C([2H])([2H])N(c1ccc(C[C@@H](N)C(=O)O)cc1)C([2H])([2H])C([2H])([2H])Cl. The lowest BCUT2D eigenvalue weighted by atomic mass is 10.1. The summed E-state index contributed by atoms with van der Waals surface area (Å²) in [5.41, 5.74) is 5.62. The van der Waals surface area contributed by atoms with E-state index in [-0.39, 0.29) is 29.4 Å². The van der Waals surface area contributed by atoms with Crippen molar-refractivity contribution in [2.75, 3.05) is 29.6 Å². The summed E-state index contributed by atoms with van der Waals surface area (Å²) in [7, 11) is 0. The fourth-order valence-corrected chi connectivity index (χ4v) is 1.53. The maximum absolute atomic E-state index is 10.8. The van der Waals surface area contributed by atoms with Crippen LogP contribution in [0.25, 0.3) is 0 Å². The predicted molar refractivity (Wildman–Crippen MR) is 86.7 cm³/mol. The number of carboxylic acids is 1. The molecule has 0 unspecified atom stereocenters. The van der Waals surface area contributed by atoms with E-state index in [0.29, 0.717) is 5.56 Å². The zero-order valence-corrected chi connectivity index (χ0v) is 12.5. The van der Waals surface area contributed by atoms with Crippen LogP contribution in [-0.2, 0) is 11.2 Å². The number of hydrogen-bond donors (Lipinski definition) is 2. The fourth-order valence-electron chi connectivity index (χ4n) is 1.36. The Balaban J connectivity index is 0.00000729. The van der Waals surface area contributed by atoms with Crippen LogP contribution in [0.4, 0.5) is 5.69 Å². The summed E-state index contributed by atoms with van der Waals surface area (Å²) >= 11 is 10.9. The lowest BCUT2D eigenvalue weighted by Crippen LogP contribution is -2.32. The van der Waals surface area contributed by atoms with Crippen LogP contribution in [0.5, 0.6) is 0 Å². The van der Waals surface area contributed by atoms with E-state index in [1.807, 2.05) is 0 Å². The van der Waals surface area contributed by atoms with Gasteiger partial charge < -0.3 is 15.7 Å². The second-order valence-corrected chi connectivity index (χ2v) is 3.94. The molecule has 20 heavy (non-hydrogen) atoms. The van der Waals surface area contributed by atoms with Crippen LogP contribution in [0.2, 0.25) is 0 Å². The number of nitrogens with two attached hydrogens (primary N) is 1. The molecule has 0 spiro atoms. The topological polar surface area (TPSA) is 66.6 Å². The summed E-state index contributed by atoms with van der Waals surface area (Å²) in [6.45, 7) is -6.42. The monoisotopic (exact) mass is 348 g/mol. The molecule has 0 aromatic heterocycles. The van der Waals surface area contributed by atoms with Gasteiger partial charge in [-0.2, -0.15) is 0 Å². The van der Waals surface area contributed by atoms with E-state index in [2.05, 4.69) is 0 Å². The molecule has 1 atom stereocenters. The minimum Gasteiger partial charge on any atom is -0.480 e. The van der Waals surface area contributed by atoms with Gasteiger partial charge in [-0.3, -0.25) is 4.79 Å². The van der Waals surface area contributed by atoms with Crippen LogP contribution in [0.1, 0.15) is 16.5 Å². The summed E-state index contributed by atoms with van der Waals surface area (Å²) in [6, 6.07) is 3.84. The molecule has 0 saturated heterocycles. The van der Waals surface area contributed by atoms with Gasteiger partial charge in [0.15, 0.2) is 0 Å². The molecule has 0 heterocycles. The van der Waals surface area contributed by atoms with E-state index < -0.39 is 36.7 Å². The zero-order valence-electron chi connectivity index (χ0n) is 18.1. The molecular weight excluding hydrogens is 323 g/mol. The van der Waals surface area contributed by atoms with Crippen LogP contribution in [0.3, 0.4) is 0 Å². The summed E-state index contributed by atoms with van der Waals surface area (Å²) in [6.07, 6.45) is -0.0535. The van der Waals surface area contributed by atoms with Gasteiger partial charge >= 0.3 is 5.97 Å². The molecule has 0 aliphatic rings. The van der Waals surface area contributed by atoms with Gasteiger partial charge in [0.05, 0.1) is 5.48 Å². The van der Waals surface area contributed by atoms with Crippen molar-refractivity contribution in [2.45, 2.75) is 12.5 Å². The van der Waals surface area contributed by atoms with Crippen molar-refractivity contribution in [1.82, 2.24) is 0 Å². The second-order valence-electron chi connectivity index (χ2n) is 3.56. The van der Waals surface area contributed by atoms with Crippen LogP contribution in [0, 0.1) is 0 Å². The van der Waals surface area contributed by atoms with Crippen molar-refractivity contribution < 1.29 is 20.9 Å². The molecule has 0 aliphatic heterocycles. The number of nitrogens with zero attached hydrogens (tertiary/aromatic N) is 1. The third-order valence-electron chi connectivity index (χ3n) is 2.28. The number of alkyl halides is 2. The smallest absolute Gasteiger partial charge is 0.320 e. The third kappa shape index (κ3) is 6.18. The van der Waals surface area contributed by atoms with E-state index in [0.717, 1.165) is 0 Å².